The lowest BCUT2D eigenvalue weighted by Crippen LogP contribution is -2.46. The van der Waals surface area contributed by atoms with E-state index in [2.05, 4.69) is 40.2 Å². The Bertz CT molecular complexity index is 1330. The van der Waals surface area contributed by atoms with E-state index in [1.165, 1.54) is 6.92 Å². The predicted molar refractivity (Wildman–Crippen MR) is 170 cm³/mol. The number of unbranched alkanes of at least 4 members (excludes halogenated alkanes) is 1. The van der Waals surface area contributed by atoms with Crippen LogP contribution in [0.5, 0.6) is 11.5 Å². The van der Waals surface area contributed by atoms with Gasteiger partial charge in [0.05, 0.1) is 33.6 Å². The number of quaternary nitrogens is 1. The summed E-state index contributed by atoms with van der Waals surface area (Å²) in [4.78, 5) is 44.9. The number of ether oxygens (including phenoxy) is 2. The van der Waals surface area contributed by atoms with Gasteiger partial charge in [-0.05, 0) is 49.6 Å². The van der Waals surface area contributed by atoms with Crippen LogP contribution in [-0.4, -0.2) is 104 Å². The van der Waals surface area contributed by atoms with E-state index in [1.54, 1.807) is 4.90 Å². The average Bonchev–Trinajstić information content (AvgIpc) is 3.57. The Morgan fingerprint density at radius 3 is 2.43 bits per heavy atom. The number of hydrogen-bond donors (Lipinski definition) is 1. The Labute approximate surface area is 261 Å². The Hall–Kier alpha value is -3.63. The minimum atomic E-state index is -0.908. The topological polar surface area (TPSA) is 99.6 Å². The van der Waals surface area contributed by atoms with E-state index in [0.29, 0.717) is 44.1 Å². The fourth-order valence-corrected chi connectivity index (χ4v) is 6.50. The van der Waals surface area contributed by atoms with Crippen LogP contribution >= 0.6 is 0 Å². The van der Waals surface area contributed by atoms with E-state index < -0.39 is 17.9 Å². The van der Waals surface area contributed by atoms with E-state index in [0.717, 1.165) is 40.7 Å². The fraction of sp³-hybridized carbons (Fsp3) is 0.559. The second kappa shape index (κ2) is 14.4. The van der Waals surface area contributed by atoms with Gasteiger partial charge in [0.15, 0.2) is 11.5 Å². The van der Waals surface area contributed by atoms with Gasteiger partial charge in [-0.3, -0.25) is 19.3 Å². The zero-order valence-corrected chi connectivity index (χ0v) is 27.1. The van der Waals surface area contributed by atoms with Crippen molar-refractivity contribution in [2.45, 2.75) is 58.5 Å². The molecule has 10 heteroatoms. The molecule has 2 aromatic carbocycles. The number of carboxylic acids is 1. The van der Waals surface area contributed by atoms with Crippen LogP contribution in [0.25, 0.3) is 0 Å². The van der Waals surface area contributed by atoms with Gasteiger partial charge in [-0.15, -0.1) is 0 Å². The third-order valence-corrected chi connectivity index (χ3v) is 8.63. The van der Waals surface area contributed by atoms with Gasteiger partial charge in [-0.25, -0.2) is 0 Å². The summed E-state index contributed by atoms with van der Waals surface area (Å²) < 4.78 is 11.9. The molecule has 0 bridgehead atoms. The van der Waals surface area contributed by atoms with Crippen molar-refractivity contribution in [2.75, 3.05) is 65.6 Å². The molecule has 0 saturated carbocycles. The van der Waals surface area contributed by atoms with Crippen molar-refractivity contribution < 1.29 is 33.4 Å². The Morgan fingerprint density at radius 1 is 1.02 bits per heavy atom. The highest BCUT2D eigenvalue weighted by Gasteiger charge is 2.47. The van der Waals surface area contributed by atoms with Gasteiger partial charge in [0, 0.05) is 56.3 Å². The van der Waals surface area contributed by atoms with Gasteiger partial charge in [-0.2, -0.15) is 0 Å². The number of benzene rings is 2. The molecule has 3 unspecified atom stereocenters. The van der Waals surface area contributed by atoms with Gasteiger partial charge >= 0.3 is 5.97 Å². The van der Waals surface area contributed by atoms with Crippen molar-refractivity contribution >= 4 is 23.5 Å². The second-order valence-corrected chi connectivity index (χ2v) is 13.0. The molecule has 3 atom stereocenters. The quantitative estimate of drug-likeness (QED) is 0.321. The van der Waals surface area contributed by atoms with Crippen molar-refractivity contribution in [1.29, 1.82) is 0 Å². The lowest BCUT2D eigenvalue weighted by atomic mass is 9.84. The summed E-state index contributed by atoms with van der Waals surface area (Å²) in [5, 5.41) is 10.6. The number of likely N-dealkylation sites (tertiary alicyclic amines) is 1. The van der Waals surface area contributed by atoms with E-state index in [4.69, 9.17) is 9.47 Å². The maximum atomic E-state index is 14.2. The number of aliphatic carboxylic acids is 1. The Morgan fingerprint density at radius 2 is 1.77 bits per heavy atom. The summed E-state index contributed by atoms with van der Waals surface area (Å²) in [7, 11) is 6.42. The lowest BCUT2D eigenvalue weighted by molar-refractivity contribution is -0.884. The first-order valence-corrected chi connectivity index (χ1v) is 15.7. The smallest absolute Gasteiger partial charge is 0.308 e. The molecule has 0 spiro atoms. The largest absolute Gasteiger partial charge is 0.481 e. The van der Waals surface area contributed by atoms with Crippen molar-refractivity contribution in [1.82, 2.24) is 9.80 Å². The number of hydrogen-bond acceptors (Lipinski definition) is 6. The summed E-state index contributed by atoms with van der Waals surface area (Å²) in [5.41, 5.74) is 2.86. The molecule has 1 saturated heterocycles. The first kappa shape index (κ1) is 33.3. The number of carbonyl (C=O) groups is 3. The van der Waals surface area contributed by atoms with E-state index in [-0.39, 0.29) is 31.1 Å². The predicted octanol–water partition coefficient (Wildman–Crippen LogP) is 4.18. The molecular weight excluding hydrogens is 560 g/mol. The third kappa shape index (κ3) is 8.09. The van der Waals surface area contributed by atoms with Gasteiger partial charge in [0.2, 0.25) is 18.6 Å². The summed E-state index contributed by atoms with van der Waals surface area (Å²) in [5.74, 6) is -0.886. The highest BCUT2D eigenvalue weighted by atomic mass is 16.7. The first-order valence-electron chi connectivity index (χ1n) is 15.7. The maximum absolute atomic E-state index is 14.2. The molecule has 2 amide bonds. The molecule has 4 rings (SSSR count). The standard InChI is InChI=1S/C34H48N4O6/c1-7-9-16-37(27-12-10-11-25(18-27)22-38(4,5)6)32(40)21-36-20-28(26-13-14-30-31(19-26)44-23-43-30)33(34(41)42)29(36)15-17-35(8-2)24(3)39/h10-14,18-19,28-29,33H,7-9,15-17,20-23H2,1-6H3/p+1. The molecule has 0 aromatic heterocycles. The van der Waals surface area contributed by atoms with Crippen LogP contribution in [0.1, 0.15) is 57.1 Å². The lowest BCUT2D eigenvalue weighted by Gasteiger charge is -2.31. The van der Waals surface area contributed by atoms with Crippen LogP contribution in [0.4, 0.5) is 5.69 Å². The molecule has 1 N–H and O–H groups in total. The third-order valence-electron chi connectivity index (χ3n) is 8.63. The van der Waals surface area contributed by atoms with Gasteiger partial charge in [-0.1, -0.05) is 31.5 Å². The molecule has 1 fully saturated rings. The first-order chi connectivity index (χ1) is 20.9. The van der Waals surface area contributed by atoms with Gasteiger partial charge in [0.1, 0.15) is 6.54 Å². The molecule has 0 radical (unpaired) electrons. The highest BCUT2D eigenvalue weighted by Crippen LogP contribution is 2.43. The summed E-state index contributed by atoms with van der Waals surface area (Å²) >= 11 is 0. The van der Waals surface area contributed by atoms with Crippen molar-refractivity contribution in [3.8, 4) is 11.5 Å². The summed E-state index contributed by atoms with van der Waals surface area (Å²) in [6.45, 7) is 8.56. The van der Waals surface area contributed by atoms with Crippen LogP contribution in [-0.2, 0) is 20.9 Å². The van der Waals surface area contributed by atoms with Crippen molar-refractivity contribution in [3.63, 3.8) is 0 Å². The zero-order valence-electron chi connectivity index (χ0n) is 27.1. The molecule has 44 heavy (non-hydrogen) atoms. The normalized spacial score (nSPS) is 19.6. The zero-order chi connectivity index (χ0) is 32.0. The molecule has 0 aliphatic carbocycles. The minimum absolute atomic E-state index is 0.0492. The number of carbonyl (C=O) groups excluding carboxylic acids is 2. The monoisotopic (exact) mass is 609 g/mol. The van der Waals surface area contributed by atoms with Gasteiger partial charge < -0.3 is 28.9 Å². The van der Waals surface area contributed by atoms with Crippen molar-refractivity contribution in [2.24, 2.45) is 5.92 Å². The number of nitrogens with zero attached hydrogens (tertiary/aromatic N) is 4. The van der Waals surface area contributed by atoms with Crippen LogP contribution in [0.3, 0.4) is 0 Å². The number of carboxylic acid groups (broad SMARTS) is 1. The Balaban J connectivity index is 1.65. The van der Waals surface area contributed by atoms with E-state index in [1.807, 2.05) is 47.1 Å². The highest BCUT2D eigenvalue weighted by molar-refractivity contribution is 5.95. The fourth-order valence-electron chi connectivity index (χ4n) is 6.50. The van der Waals surface area contributed by atoms with Crippen LogP contribution < -0.4 is 14.4 Å². The maximum Gasteiger partial charge on any atom is 0.308 e. The molecule has 2 aliphatic rings. The van der Waals surface area contributed by atoms with E-state index >= 15 is 0 Å². The molecule has 10 nitrogen and oxygen atoms in total. The number of fused-ring (bicyclic) bond motifs is 1. The van der Waals surface area contributed by atoms with Crippen LogP contribution in [0, 0.1) is 5.92 Å². The van der Waals surface area contributed by atoms with Crippen LogP contribution in [0.15, 0.2) is 42.5 Å². The molecule has 2 heterocycles. The van der Waals surface area contributed by atoms with Crippen LogP contribution in [0.2, 0.25) is 0 Å². The molecule has 240 valence electrons. The number of anilines is 1. The molecule has 2 aromatic rings. The number of rotatable bonds is 14. The second-order valence-electron chi connectivity index (χ2n) is 13.0. The Kier molecular flexibility index (Phi) is 10.9. The number of amides is 2. The SMILES string of the molecule is CCCCN(C(=O)CN1CC(c2ccc3c(c2)OCO3)C(C(=O)O)C1CCN(CC)C(C)=O)c1cccc(C[N+](C)(C)C)c1. The molecule has 2 aliphatic heterocycles. The summed E-state index contributed by atoms with van der Waals surface area (Å²) in [6.07, 6.45) is 2.25. The minimum Gasteiger partial charge on any atom is -0.481 e. The summed E-state index contributed by atoms with van der Waals surface area (Å²) in [6, 6.07) is 13.3. The van der Waals surface area contributed by atoms with Gasteiger partial charge in [0.25, 0.3) is 0 Å². The molecular formula is C34H49N4O6+. The average molecular weight is 610 g/mol. The van der Waals surface area contributed by atoms with E-state index in [9.17, 15) is 19.5 Å². The van der Waals surface area contributed by atoms with Crippen molar-refractivity contribution in [3.05, 3.63) is 53.6 Å².